The predicted molar refractivity (Wildman–Crippen MR) is 60.0 cm³/mol. The van der Waals surface area contributed by atoms with Gasteiger partial charge in [0.05, 0.1) is 31.0 Å². The summed E-state index contributed by atoms with van der Waals surface area (Å²) < 4.78 is 0. The number of rotatable bonds is 6. The van der Waals surface area contributed by atoms with Crippen LogP contribution in [0.4, 0.5) is 0 Å². The molecule has 0 amide bonds. The fourth-order valence-corrected chi connectivity index (χ4v) is 2.06. The Balaban J connectivity index is 2.47. The van der Waals surface area contributed by atoms with E-state index in [1.807, 2.05) is 0 Å². The molecular weight excluding hydrogens is 210 g/mol. The molecule has 0 heterocycles. The Morgan fingerprint density at radius 1 is 0.938 bits per heavy atom. The summed E-state index contributed by atoms with van der Waals surface area (Å²) in [5.41, 5.74) is -1.85. The van der Waals surface area contributed by atoms with Gasteiger partial charge in [0.25, 0.3) is 0 Å². The lowest BCUT2D eigenvalue weighted by molar-refractivity contribution is -0.0217. The Kier molecular flexibility index (Phi) is 5.14. The number of hydrogen-bond acceptors (Lipinski definition) is 5. The summed E-state index contributed by atoms with van der Waals surface area (Å²) in [6, 6.07) is 0. The maximum atomic E-state index is 10.2. The van der Waals surface area contributed by atoms with Crippen molar-refractivity contribution in [1.82, 2.24) is 5.32 Å². The smallest absolute Gasteiger partial charge is 0.0882 e. The van der Waals surface area contributed by atoms with Crippen LogP contribution in [-0.2, 0) is 0 Å². The quantitative estimate of drug-likeness (QED) is 0.405. The topological polar surface area (TPSA) is 93.0 Å². The summed E-state index contributed by atoms with van der Waals surface area (Å²) in [4.78, 5) is 0. The second-order valence-electron chi connectivity index (χ2n) is 4.89. The molecule has 5 N–H and O–H groups in total. The van der Waals surface area contributed by atoms with Crippen molar-refractivity contribution in [3.63, 3.8) is 0 Å². The van der Waals surface area contributed by atoms with Gasteiger partial charge in [-0.05, 0) is 12.8 Å². The number of hydrogen-bond donors (Lipinski definition) is 5. The molecule has 0 aromatic rings. The van der Waals surface area contributed by atoms with Crippen LogP contribution in [-0.4, -0.2) is 57.9 Å². The van der Waals surface area contributed by atoms with E-state index in [-0.39, 0.29) is 19.8 Å². The first kappa shape index (κ1) is 13.9. The fraction of sp³-hybridized carbons (Fsp3) is 1.00. The highest BCUT2D eigenvalue weighted by Gasteiger charge is 2.34. The van der Waals surface area contributed by atoms with Gasteiger partial charge in [-0.15, -0.1) is 0 Å². The van der Waals surface area contributed by atoms with Gasteiger partial charge in [-0.3, -0.25) is 0 Å². The molecule has 0 radical (unpaired) electrons. The van der Waals surface area contributed by atoms with Crippen LogP contribution in [0.1, 0.15) is 32.1 Å². The van der Waals surface area contributed by atoms with E-state index >= 15 is 0 Å². The van der Waals surface area contributed by atoms with Gasteiger partial charge in [-0.2, -0.15) is 0 Å². The standard InChI is InChI=1S/C11H23NO4/c13-7-10(8-14,9-15)12-6-11(16)4-2-1-3-5-11/h12-16H,1-9H2. The maximum absolute atomic E-state index is 10.2. The van der Waals surface area contributed by atoms with Crippen molar-refractivity contribution in [3.05, 3.63) is 0 Å². The average molecular weight is 233 g/mol. The second-order valence-corrected chi connectivity index (χ2v) is 4.89. The first-order valence-corrected chi connectivity index (χ1v) is 5.90. The van der Waals surface area contributed by atoms with Crippen molar-refractivity contribution in [3.8, 4) is 0 Å². The average Bonchev–Trinajstić information content (AvgIpc) is 2.33. The molecule has 0 aromatic carbocycles. The van der Waals surface area contributed by atoms with E-state index in [1.165, 1.54) is 0 Å². The number of aliphatic hydroxyl groups is 4. The Morgan fingerprint density at radius 3 is 1.88 bits per heavy atom. The van der Waals surface area contributed by atoms with E-state index in [4.69, 9.17) is 15.3 Å². The Morgan fingerprint density at radius 2 is 1.44 bits per heavy atom. The van der Waals surface area contributed by atoms with Gasteiger partial charge in [-0.25, -0.2) is 0 Å². The van der Waals surface area contributed by atoms with Crippen LogP contribution >= 0.6 is 0 Å². The van der Waals surface area contributed by atoms with Crippen LogP contribution < -0.4 is 5.32 Å². The maximum Gasteiger partial charge on any atom is 0.0882 e. The minimum Gasteiger partial charge on any atom is -0.394 e. The van der Waals surface area contributed by atoms with Crippen LogP contribution in [0.2, 0.25) is 0 Å². The molecule has 1 aliphatic carbocycles. The molecule has 0 atom stereocenters. The minimum absolute atomic E-state index is 0.300. The van der Waals surface area contributed by atoms with Crippen molar-refractivity contribution < 1.29 is 20.4 Å². The van der Waals surface area contributed by atoms with E-state index in [9.17, 15) is 5.11 Å². The number of nitrogens with one attached hydrogen (secondary N) is 1. The highest BCUT2D eigenvalue weighted by Crippen LogP contribution is 2.27. The zero-order valence-electron chi connectivity index (χ0n) is 9.65. The van der Waals surface area contributed by atoms with Gasteiger partial charge in [0, 0.05) is 6.54 Å². The molecule has 1 saturated carbocycles. The van der Waals surface area contributed by atoms with Gasteiger partial charge in [0.1, 0.15) is 0 Å². The van der Waals surface area contributed by atoms with E-state index in [0.717, 1.165) is 32.1 Å². The monoisotopic (exact) mass is 233 g/mol. The van der Waals surface area contributed by atoms with Crippen LogP contribution in [0.15, 0.2) is 0 Å². The van der Waals surface area contributed by atoms with E-state index in [2.05, 4.69) is 5.32 Å². The summed E-state index contributed by atoms with van der Waals surface area (Å²) in [6.07, 6.45) is 4.62. The second kappa shape index (κ2) is 5.93. The Bertz CT molecular complexity index is 192. The molecule has 0 saturated heterocycles. The molecule has 1 fully saturated rings. The van der Waals surface area contributed by atoms with Crippen molar-refractivity contribution in [1.29, 1.82) is 0 Å². The van der Waals surface area contributed by atoms with Crippen LogP contribution in [0, 0.1) is 0 Å². The summed E-state index contributed by atoms with van der Waals surface area (Å²) >= 11 is 0. The van der Waals surface area contributed by atoms with Crippen molar-refractivity contribution in [2.24, 2.45) is 0 Å². The molecule has 96 valence electrons. The number of β-amino-alcohol motifs (C(OH)–C–C–N with tert-alkyl or cyclic N) is 1. The van der Waals surface area contributed by atoms with Gasteiger partial charge in [0.15, 0.2) is 0 Å². The van der Waals surface area contributed by atoms with Crippen molar-refractivity contribution in [2.75, 3.05) is 26.4 Å². The van der Waals surface area contributed by atoms with Crippen LogP contribution in [0.5, 0.6) is 0 Å². The van der Waals surface area contributed by atoms with Crippen LogP contribution in [0.25, 0.3) is 0 Å². The molecule has 1 aliphatic rings. The molecule has 0 aromatic heterocycles. The van der Waals surface area contributed by atoms with Gasteiger partial charge in [0.2, 0.25) is 0 Å². The molecule has 1 rings (SSSR count). The van der Waals surface area contributed by atoms with E-state index in [0.29, 0.717) is 6.54 Å². The van der Waals surface area contributed by atoms with E-state index < -0.39 is 11.1 Å². The normalized spacial score (nSPS) is 21.0. The third-order valence-electron chi connectivity index (χ3n) is 3.48. The molecule has 5 heteroatoms. The largest absolute Gasteiger partial charge is 0.394 e. The van der Waals surface area contributed by atoms with Crippen LogP contribution in [0.3, 0.4) is 0 Å². The lowest BCUT2D eigenvalue weighted by Crippen LogP contribution is -2.59. The molecule has 16 heavy (non-hydrogen) atoms. The Labute approximate surface area is 96.1 Å². The molecule has 0 aliphatic heterocycles. The molecule has 0 spiro atoms. The van der Waals surface area contributed by atoms with Crippen molar-refractivity contribution in [2.45, 2.75) is 43.2 Å². The van der Waals surface area contributed by atoms with Gasteiger partial charge < -0.3 is 25.7 Å². The minimum atomic E-state index is -1.09. The van der Waals surface area contributed by atoms with Crippen molar-refractivity contribution >= 4 is 0 Å². The first-order valence-electron chi connectivity index (χ1n) is 5.90. The van der Waals surface area contributed by atoms with Gasteiger partial charge >= 0.3 is 0 Å². The zero-order valence-corrected chi connectivity index (χ0v) is 9.65. The Hall–Kier alpha value is -0.200. The molecule has 0 bridgehead atoms. The molecule has 0 unspecified atom stereocenters. The molecular formula is C11H23NO4. The third kappa shape index (κ3) is 3.40. The highest BCUT2D eigenvalue weighted by molar-refractivity contribution is 4.92. The third-order valence-corrected chi connectivity index (χ3v) is 3.48. The highest BCUT2D eigenvalue weighted by atomic mass is 16.3. The summed E-state index contributed by atoms with van der Waals surface area (Å²) in [6.45, 7) is -0.753. The summed E-state index contributed by atoms with van der Waals surface area (Å²) in [7, 11) is 0. The number of aliphatic hydroxyl groups excluding tert-OH is 3. The first-order chi connectivity index (χ1) is 7.60. The molecule has 5 nitrogen and oxygen atoms in total. The summed E-state index contributed by atoms with van der Waals surface area (Å²) in [5.74, 6) is 0. The SMILES string of the molecule is OCC(CO)(CO)NCC1(O)CCCCC1. The zero-order chi connectivity index (χ0) is 12.1. The fourth-order valence-electron chi connectivity index (χ4n) is 2.06. The lowest BCUT2D eigenvalue weighted by atomic mass is 9.84. The lowest BCUT2D eigenvalue weighted by Gasteiger charge is -2.37. The summed E-state index contributed by atoms with van der Waals surface area (Å²) in [5, 5.41) is 40.5. The van der Waals surface area contributed by atoms with Gasteiger partial charge in [-0.1, -0.05) is 19.3 Å². The predicted octanol–water partition coefficient (Wildman–Crippen LogP) is -1.01. The van der Waals surface area contributed by atoms with E-state index in [1.54, 1.807) is 0 Å².